The molecular formula is C21H24N4O. The summed E-state index contributed by atoms with van der Waals surface area (Å²) in [6.07, 6.45) is 0. The second-order valence-electron chi connectivity index (χ2n) is 6.92. The van der Waals surface area contributed by atoms with E-state index in [0.29, 0.717) is 6.54 Å². The molecule has 2 aromatic carbocycles. The molecule has 0 unspecified atom stereocenters. The first kappa shape index (κ1) is 16.9. The van der Waals surface area contributed by atoms with Gasteiger partial charge in [0.1, 0.15) is 5.82 Å². The van der Waals surface area contributed by atoms with Crippen molar-refractivity contribution >= 4 is 16.8 Å². The van der Waals surface area contributed by atoms with Crippen LogP contribution in [0.5, 0.6) is 0 Å². The molecule has 1 aliphatic rings. The second kappa shape index (κ2) is 7.40. The van der Waals surface area contributed by atoms with Crippen LogP contribution in [-0.4, -0.2) is 57.9 Å². The number of carbonyl (C=O) groups is 1. The van der Waals surface area contributed by atoms with E-state index in [4.69, 9.17) is 4.98 Å². The van der Waals surface area contributed by atoms with Gasteiger partial charge in [0.25, 0.3) is 0 Å². The number of para-hydroxylation sites is 2. The first-order valence-corrected chi connectivity index (χ1v) is 9.14. The highest BCUT2D eigenvalue weighted by atomic mass is 16.1. The number of fused-ring (bicyclic) bond motifs is 1. The fourth-order valence-corrected chi connectivity index (χ4v) is 3.56. The van der Waals surface area contributed by atoms with E-state index in [-0.39, 0.29) is 5.78 Å². The van der Waals surface area contributed by atoms with Gasteiger partial charge in [-0.05, 0) is 12.1 Å². The Hall–Kier alpha value is -2.50. The van der Waals surface area contributed by atoms with Crippen LogP contribution < -0.4 is 0 Å². The van der Waals surface area contributed by atoms with Crippen LogP contribution in [0.1, 0.15) is 16.2 Å². The lowest BCUT2D eigenvalue weighted by Crippen LogP contribution is -2.47. The molecule has 0 aliphatic carbocycles. The van der Waals surface area contributed by atoms with E-state index in [1.807, 2.05) is 36.4 Å². The summed E-state index contributed by atoms with van der Waals surface area (Å²) < 4.78 is 2.18. The Balaban J connectivity index is 1.33. The quantitative estimate of drug-likeness (QED) is 0.665. The van der Waals surface area contributed by atoms with Crippen LogP contribution >= 0.6 is 0 Å². The number of imidazole rings is 1. The molecule has 0 N–H and O–H groups in total. The van der Waals surface area contributed by atoms with Gasteiger partial charge in [0.2, 0.25) is 0 Å². The zero-order valence-electron chi connectivity index (χ0n) is 15.1. The van der Waals surface area contributed by atoms with Crippen LogP contribution in [0.2, 0.25) is 0 Å². The molecule has 26 heavy (non-hydrogen) atoms. The fourth-order valence-electron chi connectivity index (χ4n) is 3.56. The fraction of sp³-hybridized carbons (Fsp3) is 0.333. The lowest BCUT2D eigenvalue weighted by molar-refractivity contribution is 0.0839. The van der Waals surface area contributed by atoms with Crippen molar-refractivity contribution in [3.05, 3.63) is 66.0 Å². The van der Waals surface area contributed by atoms with Crippen LogP contribution in [0, 0.1) is 0 Å². The summed E-state index contributed by atoms with van der Waals surface area (Å²) in [6.45, 7) is 5.12. The lowest BCUT2D eigenvalue weighted by Gasteiger charge is -2.34. The molecular weight excluding hydrogens is 324 g/mol. The highest BCUT2D eigenvalue weighted by Gasteiger charge is 2.21. The highest BCUT2D eigenvalue weighted by molar-refractivity contribution is 5.97. The molecule has 0 bridgehead atoms. The number of benzene rings is 2. The molecule has 2 heterocycles. The molecule has 1 saturated heterocycles. The number of Topliss-reactive ketones (excluding diaryl/α,β-unsaturated/α-hetero) is 1. The zero-order valence-corrected chi connectivity index (χ0v) is 15.1. The van der Waals surface area contributed by atoms with Crippen LogP contribution in [-0.2, 0) is 13.6 Å². The zero-order chi connectivity index (χ0) is 17.9. The SMILES string of the molecule is Cn1c(CN2CCN(CC(=O)c3ccccc3)CC2)nc2ccccc21. The third-order valence-electron chi connectivity index (χ3n) is 5.17. The minimum Gasteiger partial charge on any atom is -0.330 e. The third kappa shape index (κ3) is 3.54. The van der Waals surface area contributed by atoms with Crippen molar-refractivity contribution in [3.8, 4) is 0 Å². The topological polar surface area (TPSA) is 41.4 Å². The predicted molar refractivity (Wildman–Crippen MR) is 103 cm³/mol. The van der Waals surface area contributed by atoms with Gasteiger partial charge < -0.3 is 4.57 Å². The highest BCUT2D eigenvalue weighted by Crippen LogP contribution is 2.16. The van der Waals surface area contributed by atoms with Crippen molar-refractivity contribution in [3.63, 3.8) is 0 Å². The van der Waals surface area contributed by atoms with E-state index in [0.717, 1.165) is 49.6 Å². The average Bonchev–Trinajstić information content (AvgIpc) is 3.00. The number of carbonyl (C=O) groups excluding carboxylic acids is 1. The van der Waals surface area contributed by atoms with Crippen molar-refractivity contribution in [1.82, 2.24) is 19.4 Å². The maximum Gasteiger partial charge on any atom is 0.176 e. The Morgan fingerprint density at radius 2 is 1.58 bits per heavy atom. The minimum absolute atomic E-state index is 0.203. The Labute approximate surface area is 153 Å². The van der Waals surface area contributed by atoms with Crippen molar-refractivity contribution in [2.45, 2.75) is 6.54 Å². The molecule has 5 nitrogen and oxygen atoms in total. The van der Waals surface area contributed by atoms with E-state index in [9.17, 15) is 4.79 Å². The van der Waals surface area contributed by atoms with E-state index in [1.165, 1.54) is 5.52 Å². The summed E-state index contributed by atoms with van der Waals surface area (Å²) in [5, 5.41) is 0. The number of hydrogen-bond acceptors (Lipinski definition) is 4. The Morgan fingerprint density at radius 3 is 2.31 bits per heavy atom. The number of hydrogen-bond donors (Lipinski definition) is 0. The van der Waals surface area contributed by atoms with E-state index in [1.54, 1.807) is 0 Å². The van der Waals surface area contributed by atoms with Gasteiger partial charge >= 0.3 is 0 Å². The van der Waals surface area contributed by atoms with Crippen molar-refractivity contribution in [2.24, 2.45) is 7.05 Å². The summed E-state index contributed by atoms with van der Waals surface area (Å²) in [5.74, 6) is 1.30. The van der Waals surface area contributed by atoms with Crippen LogP contribution in [0.4, 0.5) is 0 Å². The van der Waals surface area contributed by atoms with Gasteiger partial charge in [-0.3, -0.25) is 14.6 Å². The number of aromatic nitrogens is 2. The number of rotatable bonds is 5. The first-order chi connectivity index (χ1) is 12.7. The Kier molecular flexibility index (Phi) is 4.82. The number of aryl methyl sites for hydroxylation is 1. The first-order valence-electron chi connectivity index (χ1n) is 9.14. The summed E-state index contributed by atoms with van der Waals surface area (Å²) >= 11 is 0. The van der Waals surface area contributed by atoms with E-state index >= 15 is 0 Å². The third-order valence-corrected chi connectivity index (χ3v) is 5.17. The minimum atomic E-state index is 0.203. The average molecular weight is 348 g/mol. The van der Waals surface area contributed by atoms with Gasteiger partial charge in [0, 0.05) is 38.8 Å². The van der Waals surface area contributed by atoms with Crippen molar-refractivity contribution in [1.29, 1.82) is 0 Å². The van der Waals surface area contributed by atoms with Gasteiger partial charge in [-0.15, -0.1) is 0 Å². The molecule has 0 radical (unpaired) electrons. The standard InChI is InChI=1S/C21H24N4O/c1-23-19-10-6-5-9-18(19)22-21(23)16-25-13-11-24(12-14-25)15-20(26)17-7-3-2-4-8-17/h2-10H,11-16H2,1H3. The summed E-state index contributed by atoms with van der Waals surface area (Å²) in [4.78, 5) is 21.8. The molecule has 0 spiro atoms. The van der Waals surface area contributed by atoms with Gasteiger partial charge in [0.15, 0.2) is 5.78 Å². The maximum absolute atomic E-state index is 12.4. The summed E-state index contributed by atoms with van der Waals surface area (Å²) in [6, 6.07) is 17.8. The molecule has 3 aromatic rings. The maximum atomic E-state index is 12.4. The monoisotopic (exact) mass is 348 g/mol. The Morgan fingerprint density at radius 1 is 0.923 bits per heavy atom. The normalized spacial score (nSPS) is 16.2. The molecule has 0 amide bonds. The largest absolute Gasteiger partial charge is 0.330 e. The van der Waals surface area contributed by atoms with Crippen molar-refractivity contribution in [2.75, 3.05) is 32.7 Å². The van der Waals surface area contributed by atoms with Crippen LogP contribution in [0.25, 0.3) is 11.0 Å². The molecule has 1 aromatic heterocycles. The Bertz CT molecular complexity index is 895. The van der Waals surface area contributed by atoms with Gasteiger partial charge in [-0.25, -0.2) is 4.98 Å². The summed E-state index contributed by atoms with van der Waals surface area (Å²) in [7, 11) is 2.08. The van der Waals surface area contributed by atoms with Crippen LogP contribution in [0.15, 0.2) is 54.6 Å². The van der Waals surface area contributed by atoms with Gasteiger partial charge in [0.05, 0.1) is 24.1 Å². The smallest absolute Gasteiger partial charge is 0.176 e. The molecule has 5 heteroatoms. The van der Waals surface area contributed by atoms with Crippen LogP contribution in [0.3, 0.4) is 0 Å². The molecule has 0 atom stereocenters. The van der Waals surface area contributed by atoms with E-state index in [2.05, 4.69) is 39.6 Å². The molecule has 0 saturated carbocycles. The molecule has 1 aliphatic heterocycles. The molecule has 134 valence electrons. The van der Waals surface area contributed by atoms with Crippen molar-refractivity contribution < 1.29 is 4.79 Å². The lowest BCUT2D eigenvalue weighted by atomic mass is 10.1. The number of nitrogens with zero attached hydrogens (tertiary/aromatic N) is 4. The molecule has 1 fully saturated rings. The predicted octanol–water partition coefficient (Wildman–Crippen LogP) is 2.57. The number of ketones is 1. The van der Waals surface area contributed by atoms with E-state index < -0.39 is 0 Å². The van der Waals surface area contributed by atoms with Gasteiger partial charge in [-0.2, -0.15) is 0 Å². The van der Waals surface area contributed by atoms with Gasteiger partial charge in [-0.1, -0.05) is 42.5 Å². The second-order valence-corrected chi connectivity index (χ2v) is 6.92. The molecule has 4 rings (SSSR count). The summed E-state index contributed by atoms with van der Waals surface area (Å²) in [5.41, 5.74) is 3.03. The number of piperazine rings is 1.